The van der Waals surface area contributed by atoms with Gasteiger partial charge in [-0.15, -0.1) is 0 Å². The van der Waals surface area contributed by atoms with Gasteiger partial charge in [0, 0.05) is 10.9 Å². The summed E-state index contributed by atoms with van der Waals surface area (Å²) in [5.41, 5.74) is 0.665. The molecule has 0 bridgehead atoms. The number of carboxylic acids is 1. The van der Waals surface area contributed by atoms with Gasteiger partial charge in [-0.25, -0.2) is 9.18 Å². The summed E-state index contributed by atoms with van der Waals surface area (Å²) < 4.78 is 17.4. The summed E-state index contributed by atoms with van der Waals surface area (Å²) in [4.78, 5) is 10.8. The predicted molar refractivity (Wildman–Crippen MR) is 48.0 cm³/mol. The van der Waals surface area contributed by atoms with E-state index in [-0.39, 0.29) is 11.1 Å². The lowest BCUT2D eigenvalue weighted by Gasteiger charge is -1.95. The molecule has 0 radical (unpaired) electrons. The van der Waals surface area contributed by atoms with Gasteiger partial charge >= 0.3 is 5.97 Å². The Bertz CT molecular complexity index is 487. The molecule has 2 aromatic rings. The Morgan fingerprint density at radius 2 is 2.29 bits per heavy atom. The van der Waals surface area contributed by atoms with E-state index in [2.05, 4.69) is 0 Å². The number of aromatic carboxylic acids is 1. The topological polar surface area (TPSA) is 50.4 Å². The molecule has 4 heteroatoms. The zero-order chi connectivity index (χ0) is 10.1. The van der Waals surface area contributed by atoms with Crippen molar-refractivity contribution in [1.82, 2.24) is 0 Å². The first kappa shape index (κ1) is 8.74. The maximum absolute atomic E-state index is 12.4. The van der Waals surface area contributed by atoms with Crippen LogP contribution in [-0.4, -0.2) is 11.1 Å². The highest BCUT2D eigenvalue weighted by atomic mass is 19.1. The van der Waals surface area contributed by atoms with Crippen LogP contribution in [0, 0.1) is 0 Å². The van der Waals surface area contributed by atoms with Crippen molar-refractivity contribution in [2.75, 3.05) is 0 Å². The fraction of sp³-hybridized carbons (Fsp3) is 0.100. The Morgan fingerprint density at radius 1 is 1.50 bits per heavy atom. The average molecular weight is 194 g/mol. The number of para-hydroxylation sites is 1. The van der Waals surface area contributed by atoms with Crippen molar-refractivity contribution in [3.63, 3.8) is 0 Å². The second-order valence-corrected chi connectivity index (χ2v) is 2.88. The second-order valence-electron chi connectivity index (χ2n) is 2.88. The molecule has 1 aromatic carbocycles. The van der Waals surface area contributed by atoms with Gasteiger partial charge in [-0.3, -0.25) is 0 Å². The summed E-state index contributed by atoms with van der Waals surface area (Å²) in [5.74, 6) is -1.07. The maximum Gasteiger partial charge on any atom is 0.339 e. The average Bonchev–Trinajstić information content (AvgIpc) is 2.59. The fourth-order valence-electron chi connectivity index (χ4n) is 1.38. The third kappa shape index (κ3) is 1.16. The van der Waals surface area contributed by atoms with Crippen LogP contribution in [0.3, 0.4) is 0 Å². The zero-order valence-corrected chi connectivity index (χ0v) is 7.16. The van der Waals surface area contributed by atoms with E-state index >= 15 is 0 Å². The molecule has 0 saturated carbocycles. The van der Waals surface area contributed by atoms with Crippen LogP contribution in [0.15, 0.2) is 28.9 Å². The molecule has 0 spiro atoms. The molecule has 2 rings (SSSR count). The largest absolute Gasteiger partial charge is 0.478 e. The van der Waals surface area contributed by atoms with Crippen molar-refractivity contribution in [2.45, 2.75) is 6.67 Å². The number of carboxylic acid groups (broad SMARTS) is 1. The molecule has 0 aliphatic heterocycles. The van der Waals surface area contributed by atoms with Crippen molar-refractivity contribution in [1.29, 1.82) is 0 Å². The van der Waals surface area contributed by atoms with Gasteiger partial charge in [0.05, 0.1) is 6.26 Å². The molecule has 3 nitrogen and oxygen atoms in total. The molecule has 0 aliphatic carbocycles. The fourth-order valence-corrected chi connectivity index (χ4v) is 1.38. The van der Waals surface area contributed by atoms with E-state index in [0.717, 1.165) is 0 Å². The number of hydrogen-bond acceptors (Lipinski definition) is 2. The summed E-state index contributed by atoms with van der Waals surface area (Å²) in [6.45, 7) is -0.657. The highest BCUT2D eigenvalue weighted by Crippen LogP contribution is 2.25. The van der Waals surface area contributed by atoms with Crippen molar-refractivity contribution in [2.24, 2.45) is 0 Å². The van der Waals surface area contributed by atoms with E-state index < -0.39 is 12.6 Å². The molecule has 0 unspecified atom stereocenters. The number of halogens is 1. The van der Waals surface area contributed by atoms with E-state index in [0.29, 0.717) is 10.9 Å². The van der Waals surface area contributed by atoms with Crippen LogP contribution >= 0.6 is 0 Å². The quantitative estimate of drug-likeness (QED) is 0.799. The lowest BCUT2D eigenvalue weighted by molar-refractivity contribution is 0.0698. The monoisotopic (exact) mass is 194 g/mol. The van der Waals surface area contributed by atoms with Crippen molar-refractivity contribution < 1.29 is 18.7 Å². The summed E-state index contributed by atoms with van der Waals surface area (Å²) in [6.07, 6.45) is 1.25. The van der Waals surface area contributed by atoms with Crippen molar-refractivity contribution in [3.05, 3.63) is 35.6 Å². The number of alkyl halides is 1. The summed E-state index contributed by atoms with van der Waals surface area (Å²) in [6, 6.07) is 4.64. The van der Waals surface area contributed by atoms with Gasteiger partial charge in [-0.05, 0) is 6.07 Å². The van der Waals surface area contributed by atoms with Crippen molar-refractivity contribution in [3.8, 4) is 0 Å². The van der Waals surface area contributed by atoms with Gasteiger partial charge in [-0.1, -0.05) is 12.1 Å². The van der Waals surface area contributed by atoms with Crippen LogP contribution in [0.1, 0.15) is 15.9 Å². The zero-order valence-electron chi connectivity index (χ0n) is 7.16. The molecule has 0 saturated heterocycles. The predicted octanol–water partition coefficient (Wildman–Crippen LogP) is 2.60. The van der Waals surface area contributed by atoms with E-state index in [1.54, 1.807) is 12.1 Å². The van der Waals surface area contributed by atoms with Gasteiger partial charge < -0.3 is 9.52 Å². The molecule has 0 amide bonds. The Labute approximate surface area is 78.8 Å². The maximum atomic E-state index is 12.4. The molecule has 0 aliphatic rings. The lowest BCUT2D eigenvalue weighted by atomic mass is 10.1. The van der Waals surface area contributed by atoms with E-state index in [1.165, 1.54) is 12.3 Å². The molecule has 1 N–H and O–H groups in total. The minimum atomic E-state index is -1.07. The first-order chi connectivity index (χ1) is 6.74. The molecule has 0 atom stereocenters. The first-order valence-corrected chi connectivity index (χ1v) is 4.02. The van der Waals surface area contributed by atoms with Crippen LogP contribution < -0.4 is 0 Å². The summed E-state index contributed by atoms with van der Waals surface area (Å²) in [5, 5.41) is 9.33. The smallest absolute Gasteiger partial charge is 0.339 e. The van der Waals surface area contributed by atoms with Crippen LogP contribution in [-0.2, 0) is 6.67 Å². The minimum Gasteiger partial charge on any atom is -0.478 e. The van der Waals surface area contributed by atoms with Gasteiger partial charge in [-0.2, -0.15) is 0 Å². The Hall–Kier alpha value is -1.84. The number of benzene rings is 1. The molecule has 1 aromatic heterocycles. The van der Waals surface area contributed by atoms with Gasteiger partial charge in [0.1, 0.15) is 17.8 Å². The molecular formula is C10H7FO3. The molecule has 72 valence electrons. The van der Waals surface area contributed by atoms with Crippen LogP contribution in [0.25, 0.3) is 11.0 Å². The van der Waals surface area contributed by atoms with Gasteiger partial charge in [0.15, 0.2) is 0 Å². The standard InChI is InChI=1S/C10H7FO3/c11-4-6-5-14-9-7(6)2-1-3-8(9)10(12)13/h1-3,5H,4H2,(H,12,13). The molecule has 14 heavy (non-hydrogen) atoms. The van der Waals surface area contributed by atoms with Crippen LogP contribution in [0.5, 0.6) is 0 Å². The Balaban J connectivity index is 2.76. The number of rotatable bonds is 2. The number of furan rings is 1. The minimum absolute atomic E-state index is 0.0576. The van der Waals surface area contributed by atoms with E-state index in [1.807, 2.05) is 0 Å². The van der Waals surface area contributed by atoms with E-state index in [9.17, 15) is 9.18 Å². The third-order valence-electron chi connectivity index (χ3n) is 2.05. The van der Waals surface area contributed by atoms with E-state index in [4.69, 9.17) is 9.52 Å². The van der Waals surface area contributed by atoms with Gasteiger partial charge in [0.2, 0.25) is 0 Å². The normalized spacial score (nSPS) is 10.6. The van der Waals surface area contributed by atoms with Gasteiger partial charge in [0.25, 0.3) is 0 Å². The summed E-state index contributed by atoms with van der Waals surface area (Å²) >= 11 is 0. The Morgan fingerprint density at radius 3 is 2.93 bits per heavy atom. The Kier molecular flexibility index (Phi) is 1.96. The number of carbonyl (C=O) groups is 1. The van der Waals surface area contributed by atoms with Crippen LogP contribution in [0.2, 0.25) is 0 Å². The van der Waals surface area contributed by atoms with Crippen LogP contribution in [0.4, 0.5) is 4.39 Å². The molecule has 0 fully saturated rings. The third-order valence-corrected chi connectivity index (χ3v) is 2.05. The highest BCUT2D eigenvalue weighted by molar-refractivity contribution is 6.01. The number of hydrogen-bond donors (Lipinski definition) is 1. The SMILES string of the molecule is O=C(O)c1cccc2c(CF)coc12. The summed E-state index contributed by atoms with van der Waals surface area (Å²) in [7, 11) is 0. The first-order valence-electron chi connectivity index (χ1n) is 4.02. The lowest BCUT2D eigenvalue weighted by Crippen LogP contribution is -1.95. The molecule has 1 heterocycles. The second kappa shape index (κ2) is 3.14. The highest BCUT2D eigenvalue weighted by Gasteiger charge is 2.13. The van der Waals surface area contributed by atoms with Crippen molar-refractivity contribution >= 4 is 16.9 Å². The number of fused-ring (bicyclic) bond motifs is 1. The molecular weight excluding hydrogens is 187 g/mol.